The largest absolute Gasteiger partial charge is 0.481 e. The van der Waals surface area contributed by atoms with E-state index < -0.39 is 60.8 Å². The number of carboxylic acids is 2. The molecule has 0 aromatic heterocycles. The topological polar surface area (TPSA) is 188 Å². The predicted octanol–water partition coefficient (Wildman–Crippen LogP) is -2.36. The first kappa shape index (κ1) is 25.0. The summed E-state index contributed by atoms with van der Waals surface area (Å²) in [7, 11) is 0. The van der Waals surface area contributed by atoms with Gasteiger partial charge in [0.05, 0.1) is 19.0 Å². The van der Waals surface area contributed by atoms with Gasteiger partial charge >= 0.3 is 11.9 Å². The molecule has 13 heteroatoms. The van der Waals surface area contributed by atoms with Crippen LogP contribution < -0.4 is 21.7 Å². The molecule has 0 spiro atoms. The highest BCUT2D eigenvalue weighted by Crippen LogP contribution is 1.99. The molecule has 0 bridgehead atoms. The van der Waals surface area contributed by atoms with E-state index >= 15 is 0 Å². The maximum Gasteiger partial charge on any atom is 0.326 e. The number of thioether (sulfide) groups is 1. The van der Waals surface area contributed by atoms with Gasteiger partial charge in [-0.25, -0.2) is 4.79 Å². The third kappa shape index (κ3) is 10.7. The van der Waals surface area contributed by atoms with Crippen LogP contribution in [0.3, 0.4) is 0 Å². The molecule has 0 heterocycles. The van der Waals surface area contributed by atoms with Crippen molar-refractivity contribution < 1.29 is 34.2 Å². The van der Waals surface area contributed by atoms with Crippen LogP contribution in [0.25, 0.3) is 0 Å². The zero-order chi connectivity index (χ0) is 21.0. The summed E-state index contributed by atoms with van der Waals surface area (Å²) in [6.45, 7) is -0.430. The highest BCUT2D eigenvalue weighted by atomic mass is 32.2. The van der Waals surface area contributed by atoms with Gasteiger partial charge in [-0.1, -0.05) is 0 Å². The molecule has 0 aromatic carbocycles. The Morgan fingerprint density at radius 2 is 1.70 bits per heavy atom. The Bertz CT molecular complexity index is 562. The number of hydrogen-bond acceptors (Lipinski definition) is 8. The van der Waals surface area contributed by atoms with Crippen LogP contribution in [0.5, 0.6) is 0 Å². The van der Waals surface area contributed by atoms with Gasteiger partial charge in [0.25, 0.3) is 0 Å². The van der Waals surface area contributed by atoms with E-state index in [1.807, 2.05) is 11.6 Å². The number of carboxylic acid groups (broad SMARTS) is 2. The molecule has 0 saturated heterocycles. The van der Waals surface area contributed by atoms with Crippen LogP contribution in [0.4, 0.5) is 0 Å². The van der Waals surface area contributed by atoms with Gasteiger partial charge in [0.2, 0.25) is 17.7 Å². The van der Waals surface area contributed by atoms with Crippen molar-refractivity contribution in [1.82, 2.24) is 16.0 Å². The van der Waals surface area contributed by atoms with Gasteiger partial charge in [-0.3, -0.25) is 19.2 Å². The van der Waals surface area contributed by atoms with Gasteiger partial charge in [-0.15, -0.1) is 0 Å². The lowest BCUT2D eigenvalue weighted by molar-refractivity contribution is -0.147. The summed E-state index contributed by atoms with van der Waals surface area (Å²) in [5, 5.41) is 24.2. The standard InChI is InChI=1S/C14H24N4O7S2/c1-27-3-2-7(15)12(22)16-5-10(19)17-9(6-26)13(23)18-8(14(24)25)4-11(20)21/h7-9,26H,2-6,15H2,1H3,(H,16,22)(H,17,19)(H,18,23)(H,20,21)(H,24,25). The van der Waals surface area contributed by atoms with Crippen molar-refractivity contribution in [1.29, 1.82) is 0 Å². The molecule has 3 atom stereocenters. The number of rotatable bonds is 13. The van der Waals surface area contributed by atoms with Gasteiger partial charge in [-0.2, -0.15) is 24.4 Å². The van der Waals surface area contributed by atoms with Crippen LogP contribution in [0, 0.1) is 0 Å². The Balaban J connectivity index is 4.57. The molecule has 0 aliphatic rings. The lowest BCUT2D eigenvalue weighted by atomic mass is 10.2. The smallest absolute Gasteiger partial charge is 0.326 e. The summed E-state index contributed by atoms with van der Waals surface area (Å²) in [5.74, 6) is -4.55. The first-order valence-corrected chi connectivity index (χ1v) is 9.82. The molecule has 0 saturated carbocycles. The lowest BCUT2D eigenvalue weighted by Crippen LogP contribution is -2.54. The van der Waals surface area contributed by atoms with Crippen molar-refractivity contribution in [2.45, 2.75) is 31.0 Å². The summed E-state index contributed by atoms with van der Waals surface area (Å²) in [6.07, 6.45) is 1.49. The molecule has 11 nitrogen and oxygen atoms in total. The third-order valence-electron chi connectivity index (χ3n) is 3.22. The molecule has 0 aromatic rings. The van der Waals surface area contributed by atoms with Crippen LogP contribution in [-0.4, -0.2) is 82.3 Å². The second-order valence-corrected chi connectivity index (χ2v) is 6.76. The maximum absolute atomic E-state index is 12.0. The third-order valence-corrected chi connectivity index (χ3v) is 4.23. The van der Waals surface area contributed by atoms with Crippen molar-refractivity contribution in [3.63, 3.8) is 0 Å². The van der Waals surface area contributed by atoms with Crippen molar-refractivity contribution in [3.8, 4) is 0 Å². The summed E-state index contributed by atoms with van der Waals surface area (Å²) in [6, 6.07) is -3.62. The van der Waals surface area contributed by atoms with Crippen LogP contribution in [0.1, 0.15) is 12.8 Å². The SMILES string of the molecule is CSCCC(N)C(=O)NCC(=O)NC(CS)C(=O)NC(CC(=O)O)C(=O)O. The first-order valence-electron chi connectivity index (χ1n) is 7.79. The molecule has 0 radical (unpaired) electrons. The fraction of sp³-hybridized carbons (Fsp3) is 0.643. The molecule has 0 aliphatic heterocycles. The van der Waals surface area contributed by atoms with E-state index in [9.17, 15) is 24.0 Å². The molecule has 7 N–H and O–H groups in total. The molecule has 27 heavy (non-hydrogen) atoms. The molecular weight excluding hydrogens is 400 g/mol. The minimum atomic E-state index is -1.65. The Hall–Kier alpha value is -1.99. The highest BCUT2D eigenvalue weighted by molar-refractivity contribution is 7.98. The van der Waals surface area contributed by atoms with Crippen LogP contribution in [0.2, 0.25) is 0 Å². The van der Waals surface area contributed by atoms with E-state index in [1.54, 1.807) is 0 Å². The second kappa shape index (κ2) is 13.2. The number of carbonyl (C=O) groups excluding carboxylic acids is 3. The van der Waals surface area contributed by atoms with Gasteiger partial charge in [0, 0.05) is 5.75 Å². The fourth-order valence-corrected chi connectivity index (χ4v) is 2.51. The first-order chi connectivity index (χ1) is 12.6. The van der Waals surface area contributed by atoms with E-state index in [0.29, 0.717) is 12.2 Å². The monoisotopic (exact) mass is 424 g/mol. The Labute approximate surface area is 165 Å². The van der Waals surface area contributed by atoms with Crippen LogP contribution in [0.15, 0.2) is 0 Å². The molecule has 3 unspecified atom stereocenters. The van der Waals surface area contributed by atoms with E-state index in [-0.39, 0.29) is 5.75 Å². The molecule has 0 aliphatic carbocycles. The Morgan fingerprint density at radius 3 is 2.19 bits per heavy atom. The summed E-state index contributed by atoms with van der Waals surface area (Å²) in [4.78, 5) is 57.2. The number of nitrogens with two attached hydrogens (primary N) is 1. The van der Waals surface area contributed by atoms with Crippen molar-refractivity contribution in [2.24, 2.45) is 5.73 Å². The van der Waals surface area contributed by atoms with Crippen molar-refractivity contribution in [2.75, 3.05) is 24.3 Å². The number of carbonyl (C=O) groups is 5. The van der Waals surface area contributed by atoms with E-state index in [4.69, 9.17) is 15.9 Å². The normalized spacial score (nSPS) is 13.7. The molecule has 154 valence electrons. The molecule has 0 fully saturated rings. The number of amides is 3. The number of hydrogen-bond donors (Lipinski definition) is 7. The summed E-state index contributed by atoms with van der Waals surface area (Å²) < 4.78 is 0. The summed E-state index contributed by atoms with van der Waals surface area (Å²) >= 11 is 5.43. The molecule has 0 rings (SSSR count). The number of aliphatic carboxylic acids is 2. The van der Waals surface area contributed by atoms with Crippen LogP contribution >= 0.6 is 24.4 Å². The van der Waals surface area contributed by atoms with E-state index in [2.05, 4.69) is 23.3 Å². The van der Waals surface area contributed by atoms with Crippen molar-refractivity contribution >= 4 is 54.1 Å². The van der Waals surface area contributed by atoms with Gasteiger partial charge in [-0.05, 0) is 18.4 Å². The zero-order valence-corrected chi connectivity index (χ0v) is 16.3. The molecular formula is C14H24N4O7S2. The van der Waals surface area contributed by atoms with Gasteiger partial charge < -0.3 is 31.9 Å². The Kier molecular flexibility index (Phi) is 12.2. The second-order valence-electron chi connectivity index (χ2n) is 5.41. The number of nitrogens with one attached hydrogen (secondary N) is 3. The van der Waals surface area contributed by atoms with E-state index in [0.717, 1.165) is 0 Å². The van der Waals surface area contributed by atoms with E-state index in [1.165, 1.54) is 11.8 Å². The minimum absolute atomic E-state index is 0.168. The average Bonchev–Trinajstić information content (AvgIpc) is 2.60. The van der Waals surface area contributed by atoms with Gasteiger partial charge in [0.15, 0.2) is 0 Å². The quantitative estimate of drug-likeness (QED) is 0.159. The minimum Gasteiger partial charge on any atom is -0.481 e. The maximum atomic E-state index is 12.0. The number of thiol groups is 1. The zero-order valence-electron chi connectivity index (χ0n) is 14.6. The van der Waals surface area contributed by atoms with Gasteiger partial charge in [0.1, 0.15) is 12.1 Å². The Morgan fingerprint density at radius 1 is 1.07 bits per heavy atom. The fourth-order valence-electron chi connectivity index (χ4n) is 1.76. The molecule has 3 amide bonds. The predicted molar refractivity (Wildman–Crippen MR) is 102 cm³/mol. The van der Waals surface area contributed by atoms with Crippen LogP contribution in [-0.2, 0) is 24.0 Å². The average molecular weight is 425 g/mol. The highest BCUT2D eigenvalue weighted by Gasteiger charge is 2.27. The summed E-state index contributed by atoms with van der Waals surface area (Å²) in [5.41, 5.74) is 5.65. The van der Waals surface area contributed by atoms with Crippen molar-refractivity contribution in [3.05, 3.63) is 0 Å². The lowest BCUT2D eigenvalue weighted by Gasteiger charge is -2.19.